The molecule has 140 valence electrons. The number of thioether (sulfide) groups is 1. The van der Waals surface area contributed by atoms with E-state index in [0.29, 0.717) is 11.8 Å². The fourth-order valence-electron chi connectivity index (χ4n) is 3.75. The van der Waals surface area contributed by atoms with E-state index < -0.39 is 0 Å². The second-order valence-corrected chi connectivity index (χ2v) is 8.49. The molecular formula is C22H23ClN2OS. The van der Waals surface area contributed by atoms with Crippen LogP contribution in [0.5, 0.6) is 0 Å². The molecule has 27 heavy (non-hydrogen) atoms. The predicted octanol–water partition coefficient (Wildman–Crippen LogP) is 5.49. The Kier molecular flexibility index (Phi) is 5.74. The molecule has 0 saturated heterocycles. The summed E-state index contributed by atoms with van der Waals surface area (Å²) in [6.45, 7) is 0.717. The molecule has 4 rings (SSSR count). The normalized spacial score (nSPS) is 14.7. The van der Waals surface area contributed by atoms with E-state index in [1.165, 1.54) is 18.2 Å². The summed E-state index contributed by atoms with van der Waals surface area (Å²) in [5.74, 6) is 0.589. The van der Waals surface area contributed by atoms with Gasteiger partial charge in [-0.2, -0.15) is 0 Å². The number of hydrogen-bond acceptors (Lipinski definition) is 2. The Morgan fingerprint density at radius 3 is 2.67 bits per heavy atom. The molecule has 0 bridgehead atoms. The number of carbonyl (C=O) groups excluding carboxylic acids is 1. The summed E-state index contributed by atoms with van der Waals surface area (Å²) in [6, 6.07) is 16.6. The van der Waals surface area contributed by atoms with E-state index in [9.17, 15) is 4.79 Å². The quantitative estimate of drug-likeness (QED) is 0.556. The van der Waals surface area contributed by atoms with Crippen molar-refractivity contribution in [2.45, 2.75) is 43.2 Å². The zero-order valence-electron chi connectivity index (χ0n) is 15.2. The van der Waals surface area contributed by atoms with Crippen molar-refractivity contribution >= 4 is 40.2 Å². The van der Waals surface area contributed by atoms with Crippen molar-refractivity contribution in [3.63, 3.8) is 0 Å². The van der Waals surface area contributed by atoms with Crippen LogP contribution in [0.1, 0.15) is 31.2 Å². The number of para-hydroxylation sites is 1. The second-order valence-electron chi connectivity index (χ2n) is 7.07. The summed E-state index contributed by atoms with van der Waals surface area (Å²) in [5.41, 5.74) is 2.26. The van der Waals surface area contributed by atoms with Gasteiger partial charge in [0.05, 0.1) is 5.75 Å². The lowest BCUT2D eigenvalue weighted by Crippen LogP contribution is -2.33. The minimum atomic E-state index is 0.134. The number of nitrogens with one attached hydrogen (secondary N) is 1. The highest BCUT2D eigenvalue weighted by atomic mass is 35.5. The first-order valence-electron chi connectivity index (χ1n) is 9.44. The molecule has 1 aromatic heterocycles. The van der Waals surface area contributed by atoms with E-state index >= 15 is 0 Å². The maximum absolute atomic E-state index is 12.3. The molecule has 5 heteroatoms. The minimum absolute atomic E-state index is 0.134. The van der Waals surface area contributed by atoms with Crippen LogP contribution in [0.2, 0.25) is 5.02 Å². The van der Waals surface area contributed by atoms with Crippen molar-refractivity contribution in [2.24, 2.45) is 0 Å². The first-order chi connectivity index (χ1) is 13.2. The Bertz CT molecular complexity index is 946. The van der Waals surface area contributed by atoms with E-state index in [1.807, 2.05) is 30.3 Å². The fraction of sp³-hybridized carbons (Fsp3) is 0.318. The van der Waals surface area contributed by atoms with Crippen LogP contribution in [0.3, 0.4) is 0 Å². The van der Waals surface area contributed by atoms with E-state index in [4.69, 9.17) is 11.6 Å². The molecule has 3 nitrogen and oxygen atoms in total. The van der Waals surface area contributed by atoms with Gasteiger partial charge in [-0.05, 0) is 30.5 Å². The van der Waals surface area contributed by atoms with Crippen molar-refractivity contribution in [3.8, 4) is 0 Å². The molecule has 0 radical (unpaired) electrons. The lowest BCUT2D eigenvalue weighted by Gasteiger charge is -2.11. The van der Waals surface area contributed by atoms with Gasteiger partial charge in [-0.3, -0.25) is 4.79 Å². The van der Waals surface area contributed by atoms with Crippen LogP contribution >= 0.6 is 23.4 Å². The molecule has 1 aliphatic carbocycles. The fourth-order valence-corrected chi connectivity index (χ4v) is 4.85. The summed E-state index contributed by atoms with van der Waals surface area (Å²) in [7, 11) is 0. The van der Waals surface area contributed by atoms with Crippen LogP contribution in [0, 0.1) is 0 Å². The smallest absolute Gasteiger partial charge is 0.230 e. The standard InChI is InChI=1S/C22H23ClN2OS/c23-19-11-5-1-7-16(19)13-25-14-21(18-10-4-6-12-20(18)25)27-15-22(26)24-17-8-2-3-9-17/h1,4-7,10-12,14,17H,2-3,8-9,13,15H2,(H,24,26). The summed E-state index contributed by atoms with van der Waals surface area (Å²) in [5, 5.41) is 5.13. The molecule has 0 atom stereocenters. The van der Waals surface area contributed by atoms with E-state index in [1.54, 1.807) is 11.8 Å². The Morgan fingerprint density at radius 2 is 1.85 bits per heavy atom. The molecular weight excluding hydrogens is 376 g/mol. The van der Waals surface area contributed by atoms with Crippen molar-refractivity contribution in [1.29, 1.82) is 0 Å². The summed E-state index contributed by atoms with van der Waals surface area (Å²) in [6.07, 6.45) is 6.84. The second kappa shape index (κ2) is 8.41. The Morgan fingerprint density at radius 1 is 1.11 bits per heavy atom. The van der Waals surface area contributed by atoms with Gasteiger partial charge in [-0.25, -0.2) is 0 Å². The summed E-state index contributed by atoms with van der Waals surface area (Å²) >= 11 is 7.96. The van der Waals surface area contributed by atoms with Gasteiger partial charge >= 0.3 is 0 Å². The van der Waals surface area contributed by atoms with Crippen LogP contribution in [-0.4, -0.2) is 22.3 Å². The van der Waals surface area contributed by atoms with Crippen molar-refractivity contribution in [3.05, 3.63) is 65.3 Å². The van der Waals surface area contributed by atoms with Crippen LogP contribution in [0.4, 0.5) is 0 Å². The lowest BCUT2D eigenvalue weighted by molar-refractivity contribution is -0.119. The molecule has 0 unspecified atom stereocenters. The van der Waals surface area contributed by atoms with Crippen molar-refractivity contribution < 1.29 is 4.79 Å². The summed E-state index contributed by atoms with van der Waals surface area (Å²) < 4.78 is 2.22. The third-order valence-corrected chi connectivity index (χ3v) is 6.54. The van der Waals surface area contributed by atoms with E-state index in [-0.39, 0.29) is 5.91 Å². The zero-order valence-corrected chi connectivity index (χ0v) is 16.7. The van der Waals surface area contributed by atoms with E-state index in [2.05, 4.69) is 34.3 Å². The molecule has 0 aliphatic heterocycles. The third-order valence-electron chi connectivity index (χ3n) is 5.13. The highest BCUT2D eigenvalue weighted by Gasteiger charge is 2.18. The van der Waals surface area contributed by atoms with Gasteiger partial charge in [0.2, 0.25) is 5.91 Å². The van der Waals surface area contributed by atoms with Crippen LogP contribution in [0.25, 0.3) is 10.9 Å². The van der Waals surface area contributed by atoms with E-state index in [0.717, 1.165) is 40.4 Å². The number of halogens is 1. The lowest BCUT2D eigenvalue weighted by atomic mass is 10.2. The Balaban J connectivity index is 1.51. The number of hydrogen-bond donors (Lipinski definition) is 1. The first kappa shape index (κ1) is 18.5. The van der Waals surface area contributed by atoms with Gasteiger partial charge in [0, 0.05) is 39.6 Å². The zero-order chi connectivity index (χ0) is 18.6. The number of amides is 1. The Labute approximate surface area is 169 Å². The molecule has 1 fully saturated rings. The number of fused-ring (bicyclic) bond motifs is 1. The topological polar surface area (TPSA) is 34.0 Å². The van der Waals surface area contributed by atoms with Gasteiger partial charge in [0.25, 0.3) is 0 Å². The molecule has 0 spiro atoms. The van der Waals surface area contributed by atoms with Gasteiger partial charge in [0.15, 0.2) is 0 Å². The first-order valence-corrected chi connectivity index (χ1v) is 10.8. The van der Waals surface area contributed by atoms with Crippen LogP contribution in [-0.2, 0) is 11.3 Å². The highest BCUT2D eigenvalue weighted by Crippen LogP contribution is 2.31. The maximum Gasteiger partial charge on any atom is 0.230 e. The third kappa shape index (κ3) is 4.33. The van der Waals surface area contributed by atoms with Gasteiger partial charge in [-0.15, -0.1) is 11.8 Å². The SMILES string of the molecule is O=C(CSc1cn(Cc2ccccc2Cl)c2ccccc12)NC1CCCC1. The summed E-state index contributed by atoms with van der Waals surface area (Å²) in [4.78, 5) is 13.4. The van der Waals surface area contributed by atoms with Crippen LogP contribution in [0.15, 0.2) is 59.6 Å². The van der Waals surface area contributed by atoms with Crippen LogP contribution < -0.4 is 5.32 Å². The molecule has 1 aliphatic rings. The molecule has 3 aromatic rings. The number of benzene rings is 2. The monoisotopic (exact) mass is 398 g/mol. The molecule has 1 heterocycles. The molecule has 2 aromatic carbocycles. The molecule has 1 amide bonds. The number of rotatable bonds is 6. The largest absolute Gasteiger partial charge is 0.353 e. The highest BCUT2D eigenvalue weighted by molar-refractivity contribution is 8.00. The van der Waals surface area contributed by atoms with Gasteiger partial charge < -0.3 is 9.88 Å². The predicted molar refractivity (Wildman–Crippen MR) is 114 cm³/mol. The average Bonchev–Trinajstić information content (AvgIpc) is 3.30. The van der Waals surface area contributed by atoms with Crippen molar-refractivity contribution in [2.75, 3.05) is 5.75 Å². The number of nitrogens with zero attached hydrogens (tertiary/aromatic N) is 1. The molecule has 1 saturated carbocycles. The Hall–Kier alpha value is -1.91. The van der Waals surface area contributed by atoms with Crippen molar-refractivity contribution in [1.82, 2.24) is 9.88 Å². The maximum atomic E-state index is 12.3. The molecule has 1 N–H and O–H groups in total. The number of aromatic nitrogens is 1. The van der Waals surface area contributed by atoms with Gasteiger partial charge in [-0.1, -0.05) is 60.8 Å². The average molecular weight is 399 g/mol. The number of carbonyl (C=O) groups is 1. The van der Waals surface area contributed by atoms with Gasteiger partial charge in [0.1, 0.15) is 0 Å². The minimum Gasteiger partial charge on any atom is -0.353 e.